The molecule has 0 unspecified atom stereocenters. The molecule has 2 heterocycles. The molecule has 1 fully saturated rings. The fourth-order valence-corrected chi connectivity index (χ4v) is 1.86. The summed E-state index contributed by atoms with van der Waals surface area (Å²) in [5.74, 6) is 1.67. The summed E-state index contributed by atoms with van der Waals surface area (Å²) in [4.78, 5) is 3.18. The molecule has 0 aliphatic carbocycles. The molecule has 3 nitrogen and oxygen atoms in total. The van der Waals surface area contributed by atoms with Gasteiger partial charge in [0.15, 0.2) is 0 Å². The van der Waals surface area contributed by atoms with Gasteiger partial charge in [0, 0.05) is 36.1 Å². The lowest BCUT2D eigenvalue weighted by Gasteiger charge is -2.26. The number of hydrogen-bond acceptors (Lipinski definition) is 2. The van der Waals surface area contributed by atoms with Crippen LogP contribution in [0.4, 0.5) is 0 Å². The van der Waals surface area contributed by atoms with Crippen LogP contribution in [0.3, 0.4) is 0 Å². The Kier molecular flexibility index (Phi) is 2.10. The topological polar surface area (TPSA) is 37.0 Å². The minimum absolute atomic E-state index is 0.680. The monoisotopic (exact) mass is 202 g/mol. The maximum atomic E-state index is 5.82. The van der Waals surface area contributed by atoms with Gasteiger partial charge in [-0.1, -0.05) is 6.07 Å². The molecule has 3 rings (SSSR count). The van der Waals surface area contributed by atoms with Crippen molar-refractivity contribution in [1.29, 1.82) is 0 Å². The zero-order valence-electron chi connectivity index (χ0n) is 8.49. The van der Waals surface area contributed by atoms with Crippen molar-refractivity contribution in [3.05, 3.63) is 30.5 Å². The van der Waals surface area contributed by atoms with E-state index in [-0.39, 0.29) is 0 Å². The van der Waals surface area contributed by atoms with Crippen LogP contribution in [0.25, 0.3) is 10.9 Å². The maximum absolute atomic E-state index is 5.82. The molecule has 1 aliphatic rings. The van der Waals surface area contributed by atoms with Crippen LogP contribution in [0.15, 0.2) is 30.5 Å². The minimum atomic E-state index is 0.680. The number of nitrogens with one attached hydrogen (secondary N) is 2. The number of aromatic nitrogens is 1. The molecule has 1 aromatic carbocycles. The second-order valence-electron chi connectivity index (χ2n) is 4.03. The van der Waals surface area contributed by atoms with Gasteiger partial charge in [-0.15, -0.1) is 0 Å². The van der Waals surface area contributed by atoms with Gasteiger partial charge in [0.25, 0.3) is 0 Å². The lowest BCUT2D eigenvalue weighted by Crippen LogP contribution is -2.45. The van der Waals surface area contributed by atoms with Crippen molar-refractivity contribution in [1.82, 2.24) is 10.3 Å². The molecule has 0 atom stereocenters. The molecule has 0 radical (unpaired) electrons. The molecular formula is C12H14N2O. The van der Waals surface area contributed by atoms with Crippen LogP contribution in [0.2, 0.25) is 0 Å². The van der Waals surface area contributed by atoms with E-state index in [4.69, 9.17) is 4.74 Å². The van der Waals surface area contributed by atoms with Gasteiger partial charge in [0.2, 0.25) is 0 Å². The van der Waals surface area contributed by atoms with Crippen molar-refractivity contribution < 1.29 is 4.74 Å². The van der Waals surface area contributed by atoms with Crippen LogP contribution in [0, 0.1) is 5.92 Å². The fraction of sp³-hybridized carbons (Fsp3) is 0.333. The standard InChI is InChI=1S/C12H14N2O/c1-2-11-10(4-5-14-11)12(3-1)15-8-9-6-13-7-9/h1-5,9,13-14H,6-8H2. The highest BCUT2D eigenvalue weighted by molar-refractivity contribution is 5.85. The van der Waals surface area contributed by atoms with Gasteiger partial charge in [-0.05, 0) is 18.2 Å². The summed E-state index contributed by atoms with van der Waals surface area (Å²) in [6.45, 7) is 2.99. The highest BCUT2D eigenvalue weighted by Crippen LogP contribution is 2.25. The summed E-state index contributed by atoms with van der Waals surface area (Å²) < 4.78 is 5.82. The lowest BCUT2D eigenvalue weighted by atomic mass is 10.1. The van der Waals surface area contributed by atoms with E-state index in [0.717, 1.165) is 31.0 Å². The Bertz CT molecular complexity index is 459. The van der Waals surface area contributed by atoms with Crippen molar-refractivity contribution in [2.75, 3.05) is 19.7 Å². The molecule has 15 heavy (non-hydrogen) atoms. The Morgan fingerprint density at radius 2 is 2.20 bits per heavy atom. The van der Waals surface area contributed by atoms with Crippen LogP contribution >= 0.6 is 0 Å². The van der Waals surface area contributed by atoms with Gasteiger partial charge < -0.3 is 15.0 Å². The molecule has 2 aromatic rings. The number of aromatic amines is 1. The van der Waals surface area contributed by atoms with Gasteiger partial charge in [-0.3, -0.25) is 0 Å². The number of rotatable bonds is 3. The van der Waals surface area contributed by atoms with E-state index < -0.39 is 0 Å². The van der Waals surface area contributed by atoms with E-state index in [9.17, 15) is 0 Å². The molecule has 3 heteroatoms. The van der Waals surface area contributed by atoms with E-state index in [1.54, 1.807) is 0 Å². The zero-order valence-corrected chi connectivity index (χ0v) is 8.49. The molecule has 78 valence electrons. The Labute approximate surface area is 88.4 Å². The summed E-state index contributed by atoms with van der Waals surface area (Å²) in [6, 6.07) is 8.17. The van der Waals surface area contributed by atoms with Crippen LogP contribution in [-0.2, 0) is 0 Å². The summed E-state index contributed by atoms with van der Waals surface area (Å²) in [5, 5.41) is 4.41. The second kappa shape index (κ2) is 3.59. The van der Waals surface area contributed by atoms with Crippen LogP contribution in [-0.4, -0.2) is 24.7 Å². The van der Waals surface area contributed by atoms with E-state index >= 15 is 0 Å². The third kappa shape index (κ3) is 1.59. The molecule has 1 aliphatic heterocycles. The molecule has 2 N–H and O–H groups in total. The average Bonchev–Trinajstić information content (AvgIpc) is 2.63. The van der Waals surface area contributed by atoms with Crippen molar-refractivity contribution in [3.63, 3.8) is 0 Å². The summed E-state index contributed by atoms with van der Waals surface area (Å²) in [6.07, 6.45) is 1.95. The highest BCUT2D eigenvalue weighted by atomic mass is 16.5. The number of benzene rings is 1. The first-order chi connectivity index (χ1) is 7.43. The van der Waals surface area contributed by atoms with Gasteiger partial charge >= 0.3 is 0 Å². The highest BCUT2D eigenvalue weighted by Gasteiger charge is 2.17. The second-order valence-corrected chi connectivity index (χ2v) is 4.03. The largest absolute Gasteiger partial charge is 0.492 e. The third-order valence-electron chi connectivity index (χ3n) is 2.90. The first kappa shape index (κ1) is 8.80. The molecule has 1 saturated heterocycles. The fourth-order valence-electron chi connectivity index (χ4n) is 1.86. The Morgan fingerprint density at radius 1 is 1.27 bits per heavy atom. The summed E-state index contributed by atoms with van der Waals surface area (Å²) in [7, 11) is 0. The molecular weight excluding hydrogens is 188 g/mol. The number of H-pyrrole nitrogens is 1. The molecule has 0 spiro atoms. The molecule has 1 aromatic heterocycles. The van der Waals surface area contributed by atoms with E-state index in [1.165, 1.54) is 5.39 Å². The van der Waals surface area contributed by atoms with Crippen molar-refractivity contribution in [3.8, 4) is 5.75 Å². The Morgan fingerprint density at radius 3 is 3.00 bits per heavy atom. The predicted octanol–water partition coefficient (Wildman–Crippen LogP) is 1.77. The van der Waals surface area contributed by atoms with Crippen LogP contribution < -0.4 is 10.1 Å². The number of hydrogen-bond donors (Lipinski definition) is 2. The number of fused-ring (bicyclic) bond motifs is 1. The lowest BCUT2D eigenvalue weighted by molar-refractivity contribution is 0.201. The van der Waals surface area contributed by atoms with Crippen molar-refractivity contribution in [2.24, 2.45) is 5.92 Å². The van der Waals surface area contributed by atoms with Crippen LogP contribution in [0.1, 0.15) is 0 Å². The Hall–Kier alpha value is -1.48. The van der Waals surface area contributed by atoms with Gasteiger partial charge in [-0.25, -0.2) is 0 Å². The summed E-state index contributed by atoms with van der Waals surface area (Å²) >= 11 is 0. The molecule has 0 amide bonds. The first-order valence-corrected chi connectivity index (χ1v) is 5.33. The summed E-state index contributed by atoms with van der Waals surface area (Å²) in [5.41, 5.74) is 1.14. The zero-order chi connectivity index (χ0) is 10.1. The SMILES string of the molecule is c1cc(OCC2CNC2)c2cc[nH]c2c1. The van der Waals surface area contributed by atoms with Gasteiger partial charge in [0.05, 0.1) is 6.61 Å². The van der Waals surface area contributed by atoms with E-state index in [1.807, 2.05) is 18.3 Å². The smallest absolute Gasteiger partial charge is 0.128 e. The normalized spacial score (nSPS) is 16.5. The number of ether oxygens (including phenoxy) is 1. The Balaban J connectivity index is 1.80. The van der Waals surface area contributed by atoms with E-state index in [2.05, 4.69) is 22.4 Å². The third-order valence-corrected chi connectivity index (χ3v) is 2.90. The van der Waals surface area contributed by atoms with Crippen LogP contribution in [0.5, 0.6) is 5.75 Å². The minimum Gasteiger partial charge on any atom is -0.492 e. The van der Waals surface area contributed by atoms with Crippen molar-refractivity contribution in [2.45, 2.75) is 0 Å². The average molecular weight is 202 g/mol. The van der Waals surface area contributed by atoms with Gasteiger partial charge in [0.1, 0.15) is 5.75 Å². The predicted molar refractivity (Wildman–Crippen MR) is 60.2 cm³/mol. The van der Waals surface area contributed by atoms with E-state index in [0.29, 0.717) is 5.92 Å². The first-order valence-electron chi connectivity index (χ1n) is 5.33. The maximum Gasteiger partial charge on any atom is 0.128 e. The quantitative estimate of drug-likeness (QED) is 0.795. The van der Waals surface area contributed by atoms with Gasteiger partial charge in [-0.2, -0.15) is 0 Å². The van der Waals surface area contributed by atoms with Crippen molar-refractivity contribution >= 4 is 10.9 Å². The molecule has 0 bridgehead atoms. The molecule has 0 saturated carbocycles.